The lowest BCUT2D eigenvalue weighted by Crippen LogP contribution is -2.57. The van der Waals surface area contributed by atoms with Gasteiger partial charge in [0.1, 0.15) is 24.4 Å². The summed E-state index contributed by atoms with van der Waals surface area (Å²) in [6.45, 7) is -0.679. The molecule has 3 unspecified atom stereocenters. The summed E-state index contributed by atoms with van der Waals surface area (Å²) >= 11 is 0. The number of aliphatic carboxylic acids is 1. The molecule has 0 fully saturated rings. The topological polar surface area (TPSA) is 243 Å². The lowest BCUT2D eigenvalue weighted by Gasteiger charge is -2.23. The maximum absolute atomic E-state index is 12.9. The van der Waals surface area contributed by atoms with E-state index in [-0.39, 0.29) is 18.6 Å². The fourth-order valence-corrected chi connectivity index (χ4v) is 3.05. The number of primary amides is 1. The Morgan fingerprint density at radius 3 is 2.20 bits per heavy atom. The number of hydrogen-bond acceptors (Lipinski definition) is 8. The Balaban J connectivity index is 2.10. The van der Waals surface area contributed by atoms with E-state index >= 15 is 0 Å². The van der Waals surface area contributed by atoms with Crippen LogP contribution in [0.2, 0.25) is 0 Å². The van der Waals surface area contributed by atoms with Crippen LogP contribution >= 0.6 is 0 Å². The minimum Gasteiger partial charge on any atom is -0.508 e. The smallest absolute Gasteiger partial charge is 0.322 e. The Hall–Kier alpha value is -4.46. The number of amides is 4. The molecule has 1 aromatic heterocycles. The fraction of sp³-hybridized carbons (Fsp3) is 0.333. The van der Waals surface area contributed by atoms with E-state index in [1.807, 2.05) is 0 Å². The van der Waals surface area contributed by atoms with Gasteiger partial charge in [-0.25, -0.2) is 4.98 Å². The van der Waals surface area contributed by atoms with Crippen LogP contribution in [-0.4, -0.2) is 74.4 Å². The summed E-state index contributed by atoms with van der Waals surface area (Å²) in [7, 11) is 0. The van der Waals surface area contributed by atoms with Gasteiger partial charge in [-0.15, -0.1) is 0 Å². The number of rotatable bonds is 13. The van der Waals surface area contributed by atoms with Gasteiger partial charge < -0.3 is 42.6 Å². The quantitative estimate of drug-likeness (QED) is 0.145. The Morgan fingerprint density at radius 1 is 0.971 bits per heavy atom. The average molecular weight is 489 g/mol. The van der Waals surface area contributed by atoms with Crippen molar-refractivity contribution in [2.24, 2.45) is 11.5 Å². The number of phenols is 1. The van der Waals surface area contributed by atoms with Crippen molar-refractivity contribution in [3.05, 3.63) is 48.0 Å². The highest BCUT2D eigenvalue weighted by molar-refractivity contribution is 5.96. The molecule has 0 saturated heterocycles. The number of nitrogens with two attached hydrogens (primary N) is 2. The third-order valence-corrected chi connectivity index (χ3v) is 4.79. The van der Waals surface area contributed by atoms with Crippen LogP contribution in [0.3, 0.4) is 0 Å². The third-order valence-electron chi connectivity index (χ3n) is 4.79. The summed E-state index contributed by atoms with van der Waals surface area (Å²) in [6.07, 6.45) is 2.20. The zero-order valence-electron chi connectivity index (χ0n) is 18.6. The number of hydrogen-bond donors (Lipinski definition) is 8. The number of aromatic amines is 1. The van der Waals surface area contributed by atoms with Gasteiger partial charge in [0.15, 0.2) is 0 Å². The standard InChI is InChI=1S/C21H27N7O7/c22-14(5-11-1-3-13(29)4-2-11)19(33)27-16(7-17(23)30)21(35)28-15(6-12-8-24-10-26-12)20(34)25-9-18(31)32/h1-4,8,10,14-16,29H,5-7,9,22H2,(H2,23,30)(H,24,26)(H,25,34)(H,27,33)(H,28,35)(H,31,32). The highest BCUT2D eigenvalue weighted by Gasteiger charge is 2.30. The normalized spacial score (nSPS) is 13.2. The Kier molecular flexibility index (Phi) is 9.71. The molecule has 1 aromatic carbocycles. The molecule has 14 nitrogen and oxygen atoms in total. The highest BCUT2D eigenvalue weighted by atomic mass is 16.4. The number of carboxylic acid groups (broad SMARTS) is 1. The van der Waals surface area contributed by atoms with Crippen molar-refractivity contribution in [2.75, 3.05) is 6.54 Å². The first-order valence-electron chi connectivity index (χ1n) is 10.4. The van der Waals surface area contributed by atoms with Gasteiger partial charge in [-0.2, -0.15) is 0 Å². The molecule has 35 heavy (non-hydrogen) atoms. The fourth-order valence-electron chi connectivity index (χ4n) is 3.05. The van der Waals surface area contributed by atoms with E-state index in [1.165, 1.54) is 24.7 Å². The van der Waals surface area contributed by atoms with Crippen molar-refractivity contribution in [3.63, 3.8) is 0 Å². The summed E-state index contributed by atoms with van der Waals surface area (Å²) in [5.41, 5.74) is 12.3. The molecule has 2 aromatic rings. The van der Waals surface area contributed by atoms with Crippen molar-refractivity contribution in [2.45, 2.75) is 37.4 Å². The number of H-pyrrole nitrogens is 1. The van der Waals surface area contributed by atoms with Gasteiger partial charge in [0.25, 0.3) is 0 Å². The molecule has 0 radical (unpaired) electrons. The number of phenolic OH excluding ortho intramolecular Hbond substituents is 1. The van der Waals surface area contributed by atoms with Gasteiger partial charge in [-0.05, 0) is 24.1 Å². The van der Waals surface area contributed by atoms with Crippen LogP contribution in [0.15, 0.2) is 36.8 Å². The number of imidazole rings is 1. The summed E-state index contributed by atoms with van der Waals surface area (Å²) in [6, 6.07) is 2.22. The Morgan fingerprint density at radius 2 is 1.63 bits per heavy atom. The summed E-state index contributed by atoms with van der Waals surface area (Å²) < 4.78 is 0. The third kappa shape index (κ3) is 9.13. The minimum absolute atomic E-state index is 0.0436. The first-order chi connectivity index (χ1) is 16.5. The average Bonchev–Trinajstić information content (AvgIpc) is 3.30. The van der Waals surface area contributed by atoms with Crippen LogP contribution in [0, 0.1) is 0 Å². The van der Waals surface area contributed by atoms with E-state index in [9.17, 15) is 29.1 Å². The predicted molar refractivity (Wildman–Crippen MR) is 120 cm³/mol. The number of carboxylic acids is 1. The molecule has 1 heterocycles. The van der Waals surface area contributed by atoms with Gasteiger partial charge >= 0.3 is 5.97 Å². The molecule has 0 bridgehead atoms. The first-order valence-corrected chi connectivity index (χ1v) is 10.4. The van der Waals surface area contributed by atoms with Crippen LogP contribution in [0.4, 0.5) is 0 Å². The molecule has 10 N–H and O–H groups in total. The lowest BCUT2D eigenvalue weighted by molar-refractivity contribution is -0.138. The maximum atomic E-state index is 12.9. The molecule has 0 aliphatic carbocycles. The highest BCUT2D eigenvalue weighted by Crippen LogP contribution is 2.11. The van der Waals surface area contributed by atoms with Crippen LogP contribution in [0.25, 0.3) is 0 Å². The molecular formula is C21H27N7O7. The number of nitrogens with zero attached hydrogens (tertiary/aromatic N) is 1. The van der Waals surface area contributed by atoms with Crippen LogP contribution in [0.5, 0.6) is 5.75 Å². The van der Waals surface area contributed by atoms with Crippen LogP contribution < -0.4 is 27.4 Å². The van der Waals surface area contributed by atoms with Crippen molar-refractivity contribution in [3.8, 4) is 5.75 Å². The van der Waals surface area contributed by atoms with Gasteiger partial charge in [-0.1, -0.05) is 12.1 Å². The van der Waals surface area contributed by atoms with Crippen LogP contribution in [-0.2, 0) is 36.8 Å². The maximum Gasteiger partial charge on any atom is 0.322 e. The molecule has 2 rings (SSSR count). The largest absolute Gasteiger partial charge is 0.508 e. The van der Waals surface area contributed by atoms with E-state index in [4.69, 9.17) is 16.6 Å². The molecule has 14 heteroatoms. The molecule has 0 aliphatic rings. The number of aromatic nitrogens is 2. The monoisotopic (exact) mass is 489 g/mol. The summed E-state index contributed by atoms with van der Waals surface area (Å²) in [5.74, 6) is -4.58. The van der Waals surface area contributed by atoms with Crippen molar-refractivity contribution >= 4 is 29.6 Å². The van der Waals surface area contributed by atoms with Crippen molar-refractivity contribution in [1.82, 2.24) is 25.9 Å². The van der Waals surface area contributed by atoms with E-state index in [0.717, 1.165) is 0 Å². The predicted octanol–water partition coefficient (Wildman–Crippen LogP) is -2.73. The van der Waals surface area contributed by atoms with Gasteiger partial charge in [0.2, 0.25) is 23.6 Å². The van der Waals surface area contributed by atoms with Crippen molar-refractivity contribution in [1.29, 1.82) is 0 Å². The minimum atomic E-state index is -1.44. The molecule has 188 valence electrons. The zero-order chi connectivity index (χ0) is 26.0. The number of nitrogens with one attached hydrogen (secondary N) is 4. The SMILES string of the molecule is NC(=O)CC(NC(=O)C(N)Cc1ccc(O)cc1)C(=O)NC(Cc1cnc[nH]1)C(=O)NCC(=O)O. The van der Waals surface area contributed by atoms with E-state index < -0.39 is 60.7 Å². The number of carbonyl (C=O) groups is 5. The molecule has 0 saturated carbocycles. The van der Waals surface area contributed by atoms with Crippen molar-refractivity contribution < 1.29 is 34.2 Å². The van der Waals surface area contributed by atoms with Gasteiger partial charge in [0.05, 0.1) is 18.8 Å². The van der Waals surface area contributed by atoms with Gasteiger partial charge in [-0.3, -0.25) is 24.0 Å². The molecule has 3 atom stereocenters. The molecule has 0 aliphatic heterocycles. The van der Waals surface area contributed by atoms with E-state index in [0.29, 0.717) is 11.3 Å². The zero-order valence-corrected chi connectivity index (χ0v) is 18.6. The summed E-state index contributed by atoms with van der Waals surface area (Å²) in [5, 5.41) is 25.1. The molecular weight excluding hydrogens is 462 g/mol. The molecule has 4 amide bonds. The summed E-state index contributed by atoms with van der Waals surface area (Å²) in [4.78, 5) is 66.8. The number of benzene rings is 1. The van der Waals surface area contributed by atoms with E-state index in [1.54, 1.807) is 12.1 Å². The Bertz CT molecular complexity index is 1040. The first kappa shape index (κ1) is 26.8. The number of aromatic hydroxyl groups is 1. The van der Waals surface area contributed by atoms with Gasteiger partial charge in [0, 0.05) is 18.3 Å². The molecule has 0 spiro atoms. The number of carbonyl (C=O) groups excluding carboxylic acids is 4. The second-order valence-electron chi connectivity index (χ2n) is 7.66. The van der Waals surface area contributed by atoms with E-state index in [2.05, 4.69) is 25.9 Å². The second kappa shape index (κ2) is 12.7. The Labute approximate surface area is 199 Å². The second-order valence-corrected chi connectivity index (χ2v) is 7.66. The van der Waals surface area contributed by atoms with Crippen LogP contribution in [0.1, 0.15) is 17.7 Å². The lowest BCUT2D eigenvalue weighted by atomic mass is 10.0.